The van der Waals surface area contributed by atoms with E-state index in [4.69, 9.17) is 10.5 Å². The van der Waals surface area contributed by atoms with Crippen LogP contribution in [0.2, 0.25) is 0 Å². The maximum Gasteiger partial charge on any atom is 0.411 e. The summed E-state index contributed by atoms with van der Waals surface area (Å²) in [5, 5.41) is 5.40. The van der Waals surface area contributed by atoms with E-state index in [9.17, 15) is 9.59 Å². The molecule has 21 heavy (non-hydrogen) atoms. The lowest BCUT2D eigenvalue weighted by Crippen LogP contribution is -2.48. The summed E-state index contributed by atoms with van der Waals surface area (Å²) in [6.45, 7) is 2.06. The summed E-state index contributed by atoms with van der Waals surface area (Å²) in [6.07, 6.45) is 2.75. The van der Waals surface area contributed by atoms with Crippen LogP contribution in [0, 0.1) is 0 Å². The van der Waals surface area contributed by atoms with Gasteiger partial charge in [0, 0.05) is 23.3 Å². The van der Waals surface area contributed by atoms with E-state index in [-0.39, 0.29) is 11.4 Å². The van der Waals surface area contributed by atoms with Gasteiger partial charge in [0.25, 0.3) is 0 Å². The van der Waals surface area contributed by atoms with Crippen molar-refractivity contribution in [1.29, 1.82) is 0 Å². The minimum atomic E-state index is -0.496. The lowest BCUT2D eigenvalue weighted by molar-refractivity contribution is -0.118. The third kappa shape index (κ3) is 4.46. The Hall–Kier alpha value is -2.08. The molecule has 0 unspecified atom stereocenters. The number of hydrogen-bond donors (Lipinski definition) is 3. The molecule has 0 aliphatic heterocycles. The largest absolute Gasteiger partial charge is 0.450 e. The molecule has 4 N–H and O–H groups in total. The zero-order chi connectivity index (χ0) is 15.3. The number of anilines is 2. The van der Waals surface area contributed by atoms with Crippen molar-refractivity contribution < 1.29 is 14.3 Å². The molecular formula is C15H21N3O3. The maximum atomic E-state index is 11.9. The molecule has 2 amide bonds. The summed E-state index contributed by atoms with van der Waals surface area (Å²) in [6, 6.07) is 6.86. The Kier molecular flexibility index (Phi) is 4.80. The lowest BCUT2D eigenvalue weighted by atomic mass is 9.75. The fourth-order valence-electron chi connectivity index (χ4n) is 2.25. The summed E-state index contributed by atoms with van der Waals surface area (Å²) in [4.78, 5) is 23.1. The first-order valence-electron chi connectivity index (χ1n) is 7.13. The molecule has 0 radical (unpaired) electrons. The second kappa shape index (κ2) is 6.58. The highest BCUT2D eigenvalue weighted by atomic mass is 16.5. The second-order valence-electron chi connectivity index (χ2n) is 5.36. The van der Waals surface area contributed by atoms with Gasteiger partial charge in [0.15, 0.2) is 0 Å². The highest BCUT2D eigenvalue weighted by Crippen LogP contribution is 2.32. The smallest absolute Gasteiger partial charge is 0.411 e. The van der Waals surface area contributed by atoms with Gasteiger partial charge in [-0.1, -0.05) is 0 Å². The molecule has 0 atom stereocenters. The second-order valence-corrected chi connectivity index (χ2v) is 5.36. The summed E-state index contributed by atoms with van der Waals surface area (Å²) < 4.78 is 4.78. The number of carbonyl (C=O) groups is 2. The Morgan fingerprint density at radius 1 is 1.19 bits per heavy atom. The minimum Gasteiger partial charge on any atom is -0.450 e. The van der Waals surface area contributed by atoms with Gasteiger partial charge in [-0.2, -0.15) is 0 Å². The van der Waals surface area contributed by atoms with E-state index < -0.39 is 6.09 Å². The summed E-state index contributed by atoms with van der Waals surface area (Å²) in [5.41, 5.74) is 7.01. The van der Waals surface area contributed by atoms with Gasteiger partial charge in [-0.05, 0) is 50.5 Å². The number of carbonyl (C=O) groups excluding carboxylic acids is 2. The van der Waals surface area contributed by atoms with Crippen molar-refractivity contribution in [3.8, 4) is 0 Å². The van der Waals surface area contributed by atoms with Crippen molar-refractivity contribution in [2.45, 2.75) is 38.1 Å². The average Bonchev–Trinajstić information content (AvgIpc) is 2.39. The van der Waals surface area contributed by atoms with Crippen LogP contribution in [-0.4, -0.2) is 24.1 Å². The van der Waals surface area contributed by atoms with Gasteiger partial charge in [0.1, 0.15) is 0 Å². The Bertz CT molecular complexity index is 509. The monoisotopic (exact) mass is 291 g/mol. The highest BCUT2D eigenvalue weighted by Gasteiger charge is 2.34. The molecule has 1 saturated carbocycles. The van der Waals surface area contributed by atoms with Gasteiger partial charge in [-0.15, -0.1) is 0 Å². The quantitative estimate of drug-likeness (QED) is 0.776. The molecule has 0 heterocycles. The van der Waals surface area contributed by atoms with E-state index >= 15 is 0 Å². The topological polar surface area (TPSA) is 93.5 Å². The van der Waals surface area contributed by atoms with E-state index in [2.05, 4.69) is 10.6 Å². The molecule has 1 aliphatic rings. The third-order valence-corrected chi connectivity index (χ3v) is 3.55. The first kappa shape index (κ1) is 15.3. The molecule has 6 nitrogen and oxygen atoms in total. The predicted octanol–water partition coefficient (Wildman–Crippen LogP) is 2.46. The average molecular weight is 291 g/mol. The van der Waals surface area contributed by atoms with Crippen molar-refractivity contribution >= 4 is 23.4 Å². The molecule has 1 fully saturated rings. The van der Waals surface area contributed by atoms with E-state index in [0.717, 1.165) is 19.3 Å². The Morgan fingerprint density at radius 2 is 1.76 bits per heavy atom. The molecule has 6 heteroatoms. The van der Waals surface area contributed by atoms with Crippen LogP contribution in [0.1, 0.15) is 32.6 Å². The van der Waals surface area contributed by atoms with Crippen molar-refractivity contribution in [2.75, 3.05) is 17.2 Å². The summed E-state index contributed by atoms with van der Waals surface area (Å²) >= 11 is 0. The van der Waals surface area contributed by atoms with Crippen LogP contribution < -0.4 is 16.4 Å². The van der Waals surface area contributed by atoms with Crippen molar-refractivity contribution in [3.63, 3.8) is 0 Å². The molecule has 1 aromatic carbocycles. The number of amides is 2. The molecule has 2 rings (SSSR count). The fraction of sp³-hybridized carbons (Fsp3) is 0.467. The Labute approximate surface area is 124 Å². The number of hydrogen-bond acceptors (Lipinski definition) is 4. The molecule has 0 aromatic heterocycles. The van der Waals surface area contributed by atoms with E-state index in [1.165, 1.54) is 0 Å². The van der Waals surface area contributed by atoms with E-state index in [1.807, 2.05) is 0 Å². The van der Waals surface area contributed by atoms with Crippen LogP contribution >= 0.6 is 0 Å². The number of nitrogens with one attached hydrogen (secondary N) is 2. The minimum absolute atomic E-state index is 0.0803. The van der Waals surface area contributed by atoms with Gasteiger partial charge >= 0.3 is 6.09 Å². The van der Waals surface area contributed by atoms with Crippen molar-refractivity contribution in [1.82, 2.24) is 0 Å². The van der Waals surface area contributed by atoms with Crippen molar-refractivity contribution in [2.24, 2.45) is 5.73 Å². The van der Waals surface area contributed by atoms with E-state index in [1.54, 1.807) is 31.2 Å². The van der Waals surface area contributed by atoms with E-state index in [0.29, 0.717) is 24.4 Å². The standard InChI is InChI=1S/C15H21N3O3/c1-2-21-14(20)18-12-6-4-11(5-7-12)17-13(19)10-15(16)8-3-9-15/h4-7H,2-3,8-10,16H2,1H3,(H,17,19)(H,18,20). The molecule has 0 saturated heterocycles. The Balaban J connectivity index is 1.84. The molecule has 1 aliphatic carbocycles. The van der Waals surface area contributed by atoms with Crippen LogP contribution in [-0.2, 0) is 9.53 Å². The van der Waals surface area contributed by atoms with Gasteiger partial charge in [-0.3, -0.25) is 10.1 Å². The predicted molar refractivity (Wildman–Crippen MR) is 81.1 cm³/mol. The van der Waals surface area contributed by atoms with Crippen LogP contribution in [0.5, 0.6) is 0 Å². The SMILES string of the molecule is CCOC(=O)Nc1ccc(NC(=O)CC2(N)CCC2)cc1. The van der Waals surface area contributed by atoms with Crippen LogP contribution in [0.3, 0.4) is 0 Å². The number of ether oxygens (including phenoxy) is 1. The molecule has 0 spiro atoms. The number of benzene rings is 1. The Morgan fingerprint density at radius 3 is 2.24 bits per heavy atom. The number of rotatable bonds is 5. The van der Waals surface area contributed by atoms with Gasteiger partial charge in [0.2, 0.25) is 5.91 Å². The zero-order valence-electron chi connectivity index (χ0n) is 12.1. The van der Waals surface area contributed by atoms with Crippen molar-refractivity contribution in [3.05, 3.63) is 24.3 Å². The van der Waals surface area contributed by atoms with Crippen LogP contribution in [0.15, 0.2) is 24.3 Å². The normalized spacial score (nSPS) is 15.7. The molecule has 0 bridgehead atoms. The number of nitrogens with two attached hydrogens (primary N) is 1. The highest BCUT2D eigenvalue weighted by molar-refractivity contribution is 5.92. The van der Waals surface area contributed by atoms with Gasteiger partial charge in [-0.25, -0.2) is 4.79 Å². The molecular weight excluding hydrogens is 270 g/mol. The summed E-state index contributed by atoms with van der Waals surface area (Å²) in [5.74, 6) is -0.0803. The maximum absolute atomic E-state index is 11.9. The molecule has 114 valence electrons. The van der Waals surface area contributed by atoms with Crippen LogP contribution in [0.25, 0.3) is 0 Å². The van der Waals surface area contributed by atoms with Gasteiger partial charge < -0.3 is 15.8 Å². The summed E-state index contributed by atoms with van der Waals surface area (Å²) in [7, 11) is 0. The zero-order valence-corrected chi connectivity index (χ0v) is 12.1. The fourth-order valence-corrected chi connectivity index (χ4v) is 2.25. The molecule has 1 aromatic rings. The first-order chi connectivity index (χ1) is 10.0. The first-order valence-corrected chi connectivity index (χ1v) is 7.13. The third-order valence-electron chi connectivity index (χ3n) is 3.55. The lowest BCUT2D eigenvalue weighted by Gasteiger charge is -2.37. The van der Waals surface area contributed by atoms with Crippen LogP contribution in [0.4, 0.5) is 16.2 Å². The van der Waals surface area contributed by atoms with Gasteiger partial charge in [0.05, 0.1) is 6.61 Å².